The molecule has 4 aliphatic rings. The Labute approximate surface area is 185 Å². The summed E-state index contributed by atoms with van der Waals surface area (Å²) in [6.07, 6.45) is 10.7. The van der Waals surface area contributed by atoms with Crippen molar-refractivity contribution >= 4 is 5.90 Å². The van der Waals surface area contributed by atoms with Crippen molar-refractivity contribution in [2.75, 3.05) is 6.54 Å². The van der Waals surface area contributed by atoms with Gasteiger partial charge in [0.15, 0.2) is 0 Å². The molecule has 0 radical (unpaired) electrons. The Morgan fingerprint density at radius 1 is 1.19 bits per heavy atom. The van der Waals surface area contributed by atoms with Crippen molar-refractivity contribution in [2.45, 2.75) is 77.4 Å². The highest BCUT2D eigenvalue weighted by Crippen LogP contribution is 2.57. The van der Waals surface area contributed by atoms with Gasteiger partial charge in [-0.2, -0.15) is 0 Å². The number of hydrogen-bond acceptors (Lipinski definition) is 4. The average Bonchev–Trinajstić information content (AvgIpc) is 3.22. The highest BCUT2D eigenvalue weighted by atomic mass is 16.3. The van der Waals surface area contributed by atoms with E-state index < -0.39 is 0 Å². The standard InChI is InChI=1S/C26H35N3O2/c1-18(2)15-28-24(31)26-9-5-8-25(10-12-26,11-13-26)23(30)14-21-19-6-3-4-7-20(19)22-16-27-17-29(21)22/h3-4,6-7,16-18,21,23,30H,5,8-15H2,1-2H3,(H,28,31)/p-1. The van der Waals surface area contributed by atoms with E-state index in [0.29, 0.717) is 18.9 Å². The number of aliphatic hydroxyl groups is 1. The Hall–Kier alpha value is -2.14. The summed E-state index contributed by atoms with van der Waals surface area (Å²) in [5, 5.41) is 24.6. The molecule has 3 fully saturated rings. The van der Waals surface area contributed by atoms with Crippen molar-refractivity contribution < 1.29 is 10.2 Å². The highest BCUT2D eigenvalue weighted by Gasteiger charge is 2.50. The molecule has 1 aromatic heterocycles. The maximum atomic E-state index is 13.0. The van der Waals surface area contributed by atoms with E-state index in [9.17, 15) is 10.2 Å². The fraction of sp³-hybridized carbons (Fsp3) is 0.615. The number of aliphatic imine (C=N–C) groups is 1. The summed E-state index contributed by atoms with van der Waals surface area (Å²) in [5.41, 5.74) is 3.32. The lowest BCUT2D eigenvalue weighted by Gasteiger charge is -2.47. The minimum Gasteiger partial charge on any atom is -0.862 e. The van der Waals surface area contributed by atoms with E-state index >= 15 is 0 Å². The number of benzene rings is 1. The topological polar surface area (TPSA) is 73.5 Å². The summed E-state index contributed by atoms with van der Waals surface area (Å²) in [6.45, 7) is 4.84. The molecule has 2 heterocycles. The second-order valence-electron chi connectivity index (χ2n) is 10.6. The molecular formula is C26H34N3O2-. The summed E-state index contributed by atoms with van der Waals surface area (Å²) >= 11 is 0. The molecular weight excluding hydrogens is 386 g/mol. The van der Waals surface area contributed by atoms with Crippen LogP contribution in [0, 0.1) is 16.7 Å². The van der Waals surface area contributed by atoms with Crippen molar-refractivity contribution in [3.05, 3.63) is 42.4 Å². The zero-order valence-corrected chi connectivity index (χ0v) is 18.8. The van der Waals surface area contributed by atoms with Gasteiger partial charge in [-0.3, -0.25) is 0 Å². The number of aliphatic hydroxyl groups excluding tert-OH is 1. The number of aromatic nitrogens is 2. The predicted molar refractivity (Wildman–Crippen MR) is 121 cm³/mol. The lowest BCUT2D eigenvalue weighted by Crippen LogP contribution is -2.46. The molecule has 1 N–H and O–H groups in total. The fourth-order valence-electron chi connectivity index (χ4n) is 6.39. The molecule has 3 saturated carbocycles. The molecule has 0 amide bonds. The molecule has 31 heavy (non-hydrogen) atoms. The van der Waals surface area contributed by atoms with E-state index in [1.54, 1.807) is 0 Å². The van der Waals surface area contributed by atoms with Crippen molar-refractivity contribution in [1.82, 2.24) is 9.55 Å². The van der Waals surface area contributed by atoms with E-state index in [0.717, 1.165) is 50.6 Å². The van der Waals surface area contributed by atoms with E-state index in [-0.39, 0.29) is 28.9 Å². The maximum Gasteiger partial charge on any atom is 0.0956 e. The number of imidazole rings is 1. The monoisotopic (exact) mass is 420 g/mol. The van der Waals surface area contributed by atoms with Gasteiger partial charge in [-0.25, -0.2) is 4.98 Å². The smallest absolute Gasteiger partial charge is 0.0956 e. The number of nitrogens with zero attached hydrogens (tertiary/aromatic N) is 3. The molecule has 1 aromatic carbocycles. The van der Waals surface area contributed by atoms with Crippen LogP contribution in [-0.2, 0) is 0 Å². The Morgan fingerprint density at radius 2 is 1.97 bits per heavy atom. The van der Waals surface area contributed by atoms with Crippen molar-refractivity contribution in [3.63, 3.8) is 0 Å². The molecule has 5 nitrogen and oxygen atoms in total. The third-order valence-electron chi connectivity index (χ3n) is 8.34. The summed E-state index contributed by atoms with van der Waals surface area (Å²) < 4.78 is 2.22. The summed E-state index contributed by atoms with van der Waals surface area (Å²) in [5.74, 6) is 0.539. The first kappa shape index (κ1) is 20.7. The predicted octanol–water partition coefficient (Wildman–Crippen LogP) is 4.35. The second-order valence-corrected chi connectivity index (χ2v) is 10.6. The zero-order chi connectivity index (χ0) is 21.6. The minimum absolute atomic E-state index is 0.0728. The van der Waals surface area contributed by atoms with E-state index in [1.165, 1.54) is 11.1 Å². The lowest BCUT2D eigenvalue weighted by atomic mass is 9.62. The summed E-state index contributed by atoms with van der Waals surface area (Å²) in [4.78, 5) is 8.80. The Kier molecular flexibility index (Phi) is 5.20. The van der Waals surface area contributed by atoms with Crippen LogP contribution < -0.4 is 5.11 Å². The molecule has 2 bridgehead atoms. The van der Waals surface area contributed by atoms with Gasteiger partial charge in [-0.1, -0.05) is 44.5 Å². The molecule has 5 heteroatoms. The van der Waals surface area contributed by atoms with E-state index in [4.69, 9.17) is 0 Å². The van der Waals surface area contributed by atoms with Crippen LogP contribution in [0.3, 0.4) is 0 Å². The second kappa shape index (κ2) is 7.77. The Balaban J connectivity index is 1.35. The normalized spacial score (nSPS) is 30.8. The Bertz CT molecular complexity index is 969. The van der Waals surface area contributed by atoms with Crippen LogP contribution in [0.4, 0.5) is 0 Å². The van der Waals surface area contributed by atoms with Gasteiger partial charge in [0.2, 0.25) is 0 Å². The van der Waals surface area contributed by atoms with Gasteiger partial charge >= 0.3 is 0 Å². The molecule has 2 atom stereocenters. The molecule has 3 aliphatic carbocycles. The van der Waals surface area contributed by atoms with Crippen LogP contribution in [0.1, 0.15) is 76.8 Å². The third-order valence-corrected chi connectivity index (χ3v) is 8.34. The van der Waals surface area contributed by atoms with Crippen molar-refractivity contribution in [3.8, 4) is 11.3 Å². The quantitative estimate of drug-likeness (QED) is 0.558. The van der Waals surface area contributed by atoms with Crippen LogP contribution in [0.15, 0.2) is 41.8 Å². The molecule has 6 rings (SSSR count). The highest BCUT2D eigenvalue weighted by molar-refractivity contribution is 5.79. The molecule has 0 spiro atoms. The molecule has 166 valence electrons. The van der Waals surface area contributed by atoms with E-state index in [2.05, 4.69) is 52.7 Å². The van der Waals surface area contributed by atoms with Crippen LogP contribution >= 0.6 is 0 Å². The largest absolute Gasteiger partial charge is 0.862 e. The third kappa shape index (κ3) is 3.42. The van der Waals surface area contributed by atoms with Gasteiger partial charge in [0.1, 0.15) is 0 Å². The maximum absolute atomic E-state index is 13.0. The number of hydrogen-bond donors (Lipinski definition) is 1. The first-order valence-corrected chi connectivity index (χ1v) is 12.0. The van der Waals surface area contributed by atoms with Gasteiger partial charge in [0.05, 0.1) is 30.4 Å². The average molecular weight is 421 g/mol. The Morgan fingerprint density at radius 3 is 2.74 bits per heavy atom. The first-order chi connectivity index (χ1) is 14.9. The molecule has 1 aliphatic heterocycles. The van der Waals surface area contributed by atoms with Gasteiger partial charge in [-0.05, 0) is 73.2 Å². The molecule has 2 unspecified atom stereocenters. The number of fused-ring (bicyclic) bond motifs is 7. The SMILES string of the molecule is CC(C)CN=C([O-])C12CCCC(C(O)CC3c4ccccc4-c4cncn43)(CC1)CC2. The van der Waals surface area contributed by atoms with Crippen LogP contribution in [-0.4, -0.2) is 33.2 Å². The van der Waals surface area contributed by atoms with Gasteiger partial charge in [-0.15, -0.1) is 0 Å². The van der Waals surface area contributed by atoms with Gasteiger partial charge in [0, 0.05) is 12.1 Å². The zero-order valence-electron chi connectivity index (χ0n) is 18.8. The minimum atomic E-state index is -0.377. The van der Waals surface area contributed by atoms with Crippen molar-refractivity contribution in [2.24, 2.45) is 21.7 Å². The lowest BCUT2D eigenvalue weighted by molar-refractivity contribution is -0.234. The molecule has 0 saturated heterocycles. The van der Waals surface area contributed by atoms with Crippen LogP contribution in [0.25, 0.3) is 11.3 Å². The number of rotatable bonds is 6. The van der Waals surface area contributed by atoms with Crippen molar-refractivity contribution in [1.29, 1.82) is 0 Å². The first-order valence-electron chi connectivity index (χ1n) is 12.0. The van der Waals surface area contributed by atoms with Crippen LogP contribution in [0.5, 0.6) is 0 Å². The van der Waals surface area contributed by atoms with Gasteiger partial charge in [0.25, 0.3) is 0 Å². The van der Waals surface area contributed by atoms with Crippen LogP contribution in [0.2, 0.25) is 0 Å². The molecule has 2 aromatic rings. The van der Waals surface area contributed by atoms with E-state index in [1.807, 2.05) is 12.5 Å². The fourth-order valence-corrected chi connectivity index (χ4v) is 6.39. The summed E-state index contributed by atoms with van der Waals surface area (Å²) in [7, 11) is 0. The summed E-state index contributed by atoms with van der Waals surface area (Å²) in [6, 6.07) is 8.63. The van der Waals surface area contributed by atoms with Gasteiger partial charge < -0.3 is 19.8 Å².